The van der Waals surface area contributed by atoms with Crippen LogP contribution in [-0.2, 0) is 11.3 Å². The highest BCUT2D eigenvalue weighted by Crippen LogP contribution is 2.31. The number of carbonyl (C=O) groups is 2. The van der Waals surface area contributed by atoms with Crippen LogP contribution in [0.1, 0.15) is 25.3 Å². The Hall–Kier alpha value is -2.60. The van der Waals surface area contributed by atoms with Crippen molar-refractivity contribution in [3.05, 3.63) is 64.9 Å². The molecule has 2 aromatic rings. The second-order valence-corrected chi connectivity index (χ2v) is 7.73. The van der Waals surface area contributed by atoms with E-state index in [-0.39, 0.29) is 17.8 Å². The van der Waals surface area contributed by atoms with E-state index in [2.05, 4.69) is 10.6 Å². The molecule has 3 amide bonds. The molecule has 0 radical (unpaired) electrons. The topological polar surface area (TPSA) is 61.4 Å². The number of carbonyl (C=O) groups excluding carboxylic acids is 2. The molecule has 1 fully saturated rings. The quantitative estimate of drug-likeness (QED) is 0.793. The summed E-state index contributed by atoms with van der Waals surface area (Å²) in [5, 5.41) is 6.38. The number of likely N-dealkylation sites (tertiary alicyclic amines) is 1. The molecule has 0 aliphatic carbocycles. The molecule has 1 aliphatic rings. The van der Waals surface area contributed by atoms with Crippen molar-refractivity contribution in [3.8, 4) is 0 Å². The monoisotopic (exact) mass is 403 g/mol. The van der Waals surface area contributed by atoms with Gasteiger partial charge in [0.1, 0.15) is 5.82 Å². The molecule has 0 bridgehead atoms. The summed E-state index contributed by atoms with van der Waals surface area (Å²) in [7, 11) is 0. The fraction of sp³-hybridized carbons (Fsp3) is 0.333. The molecule has 2 N–H and O–H groups in total. The van der Waals surface area contributed by atoms with Gasteiger partial charge in [-0.3, -0.25) is 4.79 Å². The number of hydrogen-bond donors (Lipinski definition) is 2. The van der Waals surface area contributed by atoms with Crippen molar-refractivity contribution in [2.75, 3.05) is 18.4 Å². The molecule has 1 saturated heterocycles. The predicted molar refractivity (Wildman–Crippen MR) is 108 cm³/mol. The van der Waals surface area contributed by atoms with E-state index in [1.165, 1.54) is 12.1 Å². The maximum Gasteiger partial charge on any atom is 0.321 e. The highest BCUT2D eigenvalue weighted by Gasteiger charge is 2.37. The van der Waals surface area contributed by atoms with Gasteiger partial charge in [0.15, 0.2) is 0 Å². The summed E-state index contributed by atoms with van der Waals surface area (Å²) >= 11 is 5.85. The highest BCUT2D eigenvalue weighted by atomic mass is 35.5. The van der Waals surface area contributed by atoms with Crippen LogP contribution in [0.2, 0.25) is 5.02 Å². The van der Waals surface area contributed by atoms with Gasteiger partial charge >= 0.3 is 6.03 Å². The first kappa shape index (κ1) is 20.1. The van der Waals surface area contributed by atoms with Crippen molar-refractivity contribution in [2.45, 2.75) is 26.3 Å². The number of urea groups is 1. The summed E-state index contributed by atoms with van der Waals surface area (Å²) < 4.78 is 13.0. The van der Waals surface area contributed by atoms with Crippen LogP contribution in [0.5, 0.6) is 0 Å². The number of benzene rings is 2. The lowest BCUT2D eigenvalue weighted by atomic mass is 9.79. The van der Waals surface area contributed by atoms with Gasteiger partial charge in [-0.25, -0.2) is 9.18 Å². The zero-order valence-corrected chi connectivity index (χ0v) is 16.4. The molecule has 0 aromatic heterocycles. The van der Waals surface area contributed by atoms with Gasteiger partial charge in [0, 0.05) is 35.8 Å². The summed E-state index contributed by atoms with van der Waals surface area (Å²) in [6.45, 7) is 3.27. The average molecular weight is 404 g/mol. The third kappa shape index (κ3) is 5.01. The van der Waals surface area contributed by atoms with Gasteiger partial charge < -0.3 is 15.5 Å². The van der Waals surface area contributed by atoms with E-state index in [9.17, 15) is 14.0 Å². The number of anilines is 1. The zero-order chi connectivity index (χ0) is 20.1. The maximum absolute atomic E-state index is 13.0. The molecule has 0 spiro atoms. The number of piperidine rings is 1. The Morgan fingerprint density at radius 1 is 1.07 bits per heavy atom. The van der Waals surface area contributed by atoms with E-state index in [1.54, 1.807) is 41.3 Å². The predicted octanol–water partition coefficient (Wildman–Crippen LogP) is 4.43. The number of nitrogens with zero attached hydrogens (tertiary/aromatic N) is 1. The van der Waals surface area contributed by atoms with Crippen LogP contribution in [-0.4, -0.2) is 29.9 Å². The average Bonchev–Trinajstić information content (AvgIpc) is 2.69. The Balaban J connectivity index is 1.49. The lowest BCUT2D eigenvalue weighted by molar-refractivity contribution is -0.132. The van der Waals surface area contributed by atoms with Crippen molar-refractivity contribution in [1.29, 1.82) is 0 Å². The van der Waals surface area contributed by atoms with Crippen molar-refractivity contribution >= 4 is 29.2 Å². The maximum atomic E-state index is 13.0. The Labute approximate surface area is 168 Å². The lowest BCUT2D eigenvalue weighted by Gasteiger charge is -2.38. The van der Waals surface area contributed by atoms with Gasteiger partial charge in [-0.2, -0.15) is 0 Å². The third-order valence-electron chi connectivity index (χ3n) is 5.16. The van der Waals surface area contributed by atoms with Crippen LogP contribution in [0.25, 0.3) is 0 Å². The van der Waals surface area contributed by atoms with Gasteiger partial charge in [-0.1, -0.05) is 30.7 Å². The van der Waals surface area contributed by atoms with Crippen LogP contribution in [0.4, 0.5) is 14.9 Å². The van der Waals surface area contributed by atoms with Crippen molar-refractivity contribution in [1.82, 2.24) is 10.2 Å². The lowest BCUT2D eigenvalue weighted by Crippen LogP contribution is -2.49. The number of nitrogens with one attached hydrogen (secondary N) is 2. The van der Waals surface area contributed by atoms with E-state index in [1.807, 2.05) is 6.92 Å². The molecule has 148 valence electrons. The summed E-state index contributed by atoms with van der Waals surface area (Å²) in [6.07, 6.45) is 1.16. The number of rotatable bonds is 4. The van der Waals surface area contributed by atoms with E-state index < -0.39 is 5.41 Å². The first-order valence-corrected chi connectivity index (χ1v) is 9.58. The fourth-order valence-electron chi connectivity index (χ4n) is 3.16. The molecular formula is C21H23ClFN3O2. The third-order valence-corrected chi connectivity index (χ3v) is 5.42. The van der Waals surface area contributed by atoms with Gasteiger partial charge in [0.25, 0.3) is 0 Å². The van der Waals surface area contributed by atoms with Gasteiger partial charge in [-0.05, 0) is 54.8 Å². The minimum Gasteiger partial charge on any atom is -0.352 e. The van der Waals surface area contributed by atoms with Crippen LogP contribution in [0, 0.1) is 11.2 Å². The Morgan fingerprint density at radius 3 is 2.29 bits per heavy atom. The van der Waals surface area contributed by atoms with Gasteiger partial charge in [0.05, 0.1) is 0 Å². The number of hydrogen-bond acceptors (Lipinski definition) is 2. The second kappa shape index (κ2) is 8.61. The van der Waals surface area contributed by atoms with Crippen LogP contribution < -0.4 is 10.6 Å². The van der Waals surface area contributed by atoms with Crippen LogP contribution in [0.15, 0.2) is 48.5 Å². The molecular weight excluding hydrogens is 381 g/mol. The molecule has 3 rings (SSSR count). The van der Waals surface area contributed by atoms with Crippen molar-refractivity contribution in [2.24, 2.45) is 5.41 Å². The van der Waals surface area contributed by atoms with Gasteiger partial charge in [0.2, 0.25) is 5.91 Å². The summed E-state index contributed by atoms with van der Waals surface area (Å²) in [6, 6.07) is 12.8. The molecule has 5 nitrogen and oxygen atoms in total. The Bertz CT molecular complexity index is 832. The fourth-order valence-corrected chi connectivity index (χ4v) is 3.29. The Kier molecular flexibility index (Phi) is 6.19. The second-order valence-electron chi connectivity index (χ2n) is 7.29. The largest absolute Gasteiger partial charge is 0.352 e. The minimum absolute atomic E-state index is 0.0467. The summed E-state index contributed by atoms with van der Waals surface area (Å²) in [5.41, 5.74) is 0.995. The van der Waals surface area contributed by atoms with Crippen molar-refractivity contribution in [3.63, 3.8) is 0 Å². The summed E-state index contributed by atoms with van der Waals surface area (Å²) in [4.78, 5) is 26.8. The van der Waals surface area contributed by atoms with Crippen LogP contribution in [0.3, 0.4) is 0 Å². The molecule has 1 aliphatic heterocycles. The molecule has 0 unspecified atom stereocenters. The smallest absolute Gasteiger partial charge is 0.321 e. The minimum atomic E-state index is -0.531. The van der Waals surface area contributed by atoms with Crippen molar-refractivity contribution < 1.29 is 14.0 Å². The van der Waals surface area contributed by atoms with E-state index in [0.717, 1.165) is 5.56 Å². The number of amides is 3. The zero-order valence-electron chi connectivity index (χ0n) is 15.7. The van der Waals surface area contributed by atoms with Gasteiger partial charge in [-0.15, -0.1) is 0 Å². The van der Waals surface area contributed by atoms with E-state index in [4.69, 9.17) is 11.6 Å². The molecule has 7 heteroatoms. The molecule has 2 aromatic carbocycles. The summed E-state index contributed by atoms with van der Waals surface area (Å²) in [5.74, 6) is -0.346. The van der Waals surface area contributed by atoms with Crippen LogP contribution >= 0.6 is 11.6 Å². The standard InChI is InChI=1S/C21H23ClFN3O2/c1-21(19(27)24-14-15-2-6-17(23)7-3-15)10-12-26(13-11-21)20(28)25-18-8-4-16(22)5-9-18/h2-9H,10-14H2,1H3,(H,24,27)(H,25,28). The highest BCUT2D eigenvalue weighted by molar-refractivity contribution is 6.30. The molecule has 0 atom stereocenters. The molecule has 28 heavy (non-hydrogen) atoms. The molecule has 1 heterocycles. The Morgan fingerprint density at radius 2 is 1.68 bits per heavy atom. The molecule has 0 saturated carbocycles. The first-order valence-electron chi connectivity index (χ1n) is 9.20. The SMILES string of the molecule is CC1(C(=O)NCc2ccc(F)cc2)CCN(C(=O)Nc2ccc(Cl)cc2)CC1. The van der Waals surface area contributed by atoms with E-state index >= 15 is 0 Å². The van der Waals surface area contributed by atoms with E-state index in [0.29, 0.717) is 43.2 Å². The first-order chi connectivity index (χ1) is 13.4. The number of halogens is 2. The normalized spacial score (nSPS) is 15.8.